The minimum Gasteiger partial charge on any atom is -0.465 e. The molecule has 152 valence electrons. The van der Waals surface area contributed by atoms with Gasteiger partial charge in [0.1, 0.15) is 18.0 Å². The number of nitrogens with zero attached hydrogens (tertiary/aromatic N) is 2. The van der Waals surface area contributed by atoms with E-state index in [1.807, 2.05) is 24.3 Å². The number of alkyl halides is 1. The second-order valence-corrected chi connectivity index (χ2v) is 7.06. The molecule has 0 saturated carbocycles. The highest BCUT2D eigenvalue weighted by molar-refractivity contribution is 5.49. The normalized spacial score (nSPS) is 29.7. The van der Waals surface area contributed by atoms with Crippen LogP contribution in [0, 0.1) is 0 Å². The lowest BCUT2D eigenvalue weighted by Crippen LogP contribution is -2.51. The number of halogens is 1. The summed E-state index contributed by atoms with van der Waals surface area (Å²) in [5.41, 5.74) is 1.10. The summed E-state index contributed by atoms with van der Waals surface area (Å²) in [4.78, 5) is 4.57. The summed E-state index contributed by atoms with van der Waals surface area (Å²) < 4.78 is 23.5. The Hall–Kier alpha value is -1.45. The summed E-state index contributed by atoms with van der Waals surface area (Å²) in [6.07, 6.45) is -2.94. The van der Waals surface area contributed by atoms with Gasteiger partial charge < -0.3 is 29.7 Å². The van der Waals surface area contributed by atoms with Crippen molar-refractivity contribution in [3.63, 3.8) is 0 Å². The molecule has 1 aromatic rings. The first-order valence-corrected chi connectivity index (χ1v) is 9.53. The van der Waals surface area contributed by atoms with Crippen molar-refractivity contribution in [3.8, 4) is 5.75 Å². The Morgan fingerprint density at radius 1 is 1.11 bits per heavy atom. The summed E-state index contributed by atoms with van der Waals surface area (Å²) in [6.45, 7) is 3.83. The first kappa shape index (κ1) is 20.3. The van der Waals surface area contributed by atoms with Crippen molar-refractivity contribution >= 4 is 5.69 Å². The molecule has 0 aliphatic carbocycles. The molecule has 0 bridgehead atoms. The number of aliphatic hydroxyl groups is 3. The molecule has 8 heteroatoms. The van der Waals surface area contributed by atoms with E-state index in [1.54, 1.807) is 0 Å². The van der Waals surface area contributed by atoms with Gasteiger partial charge in [0.05, 0.1) is 19.4 Å². The Bertz CT molecular complexity index is 568. The molecule has 7 nitrogen and oxygen atoms in total. The summed E-state index contributed by atoms with van der Waals surface area (Å²) in [6, 6.07) is 7.65. The van der Waals surface area contributed by atoms with Crippen LogP contribution in [0.3, 0.4) is 0 Å². The fourth-order valence-corrected chi connectivity index (χ4v) is 3.54. The highest BCUT2D eigenvalue weighted by atomic mass is 19.1. The Morgan fingerprint density at radius 2 is 1.81 bits per heavy atom. The number of anilines is 1. The van der Waals surface area contributed by atoms with E-state index in [9.17, 15) is 19.7 Å². The number of hydrogen-bond acceptors (Lipinski definition) is 7. The van der Waals surface area contributed by atoms with Gasteiger partial charge in [-0.25, -0.2) is 0 Å². The predicted octanol–water partition coefficient (Wildman–Crippen LogP) is 0.376. The zero-order valence-corrected chi connectivity index (χ0v) is 15.4. The van der Waals surface area contributed by atoms with Gasteiger partial charge in [0.15, 0.2) is 0 Å². The maximum absolute atomic E-state index is 12.3. The van der Waals surface area contributed by atoms with Crippen LogP contribution in [0.15, 0.2) is 24.3 Å². The van der Waals surface area contributed by atoms with Crippen molar-refractivity contribution in [2.24, 2.45) is 0 Å². The van der Waals surface area contributed by atoms with E-state index in [0.29, 0.717) is 12.2 Å². The lowest BCUT2D eigenvalue weighted by molar-refractivity contribution is -0.229. The highest BCUT2D eigenvalue weighted by Crippen LogP contribution is 2.26. The number of aliphatic hydroxyl groups excluding tert-OH is 3. The summed E-state index contributed by atoms with van der Waals surface area (Å²) in [7, 11) is 0. The van der Waals surface area contributed by atoms with E-state index in [-0.39, 0.29) is 19.7 Å². The van der Waals surface area contributed by atoms with Gasteiger partial charge in [0, 0.05) is 44.8 Å². The molecule has 2 aliphatic heterocycles. The maximum Gasteiger partial charge on any atom is 0.202 e. The second kappa shape index (κ2) is 9.66. The van der Waals surface area contributed by atoms with E-state index < -0.39 is 24.6 Å². The number of hydrogen-bond donors (Lipinski definition) is 3. The molecular formula is C19H29FN2O5. The summed E-state index contributed by atoms with van der Waals surface area (Å²) in [5, 5.41) is 28.8. The third kappa shape index (κ3) is 5.30. The second-order valence-electron chi connectivity index (χ2n) is 7.06. The van der Waals surface area contributed by atoms with E-state index in [4.69, 9.17) is 9.47 Å². The topological polar surface area (TPSA) is 85.6 Å². The van der Waals surface area contributed by atoms with E-state index in [0.717, 1.165) is 38.4 Å². The van der Waals surface area contributed by atoms with Gasteiger partial charge in [-0.15, -0.1) is 0 Å². The standard InChI is InChI=1S/C19H29FN2O5/c20-6-1-7-21-8-10-22(11-9-21)14-2-4-15(5-3-14)26-18-12-16(24)19(25)17(13-23)27-18/h2-5,16-19,23-25H,1,6-13H2. The van der Waals surface area contributed by atoms with Gasteiger partial charge >= 0.3 is 0 Å². The minimum atomic E-state index is -1.11. The maximum atomic E-state index is 12.3. The van der Waals surface area contributed by atoms with Crippen molar-refractivity contribution in [2.45, 2.75) is 37.4 Å². The Kier molecular flexibility index (Phi) is 7.26. The molecule has 2 fully saturated rings. The van der Waals surface area contributed by atoms with Crippen LogP contribution in [0.4, 0.5) is 10.1 Å². The molecule has 0 amide bonds. The van der Waals surface area contributed by atoms with Crippen LogP contribution in [0.1, 0.15) is 12.8 Å². The van der Waals surface area contributed by atoms with Crippen LogP contribution < -0.4 is 9.64 Å². The van der Waals surface area contributed by atoms with Crippen molar-refractivity contribution in [2.75, 3.05) is 50.9 Å². The molecule has 2 aliphatic rings. The van der Waals surface area contributed by atoms with Crippen molar-refractivity contribution in [1.29, 1.82) is 0 Å². The molecule has 0 aromatic heterocycles. The van der Waals surface area contributed by atoms with Crippen LogP contribution in [-0.4, -0.2) is 90.8 Å². The predicted molar refractivity (Wildman–Crippen MR) is 98.7 cm³/mol. The molecule has 0 radical (unpaired) electrons. The molecule has 0 spiro atoms. The first-order chi connectivity index (χ1) is 13.1. The molecule has 3 rings (SSSR count). The SMILES string of the molecule is OCC1OC(Oc2ccc(N3CCN(CCCF)CC3)cc2)CC(O)C1O. The molecule has 4 atom stereocenters. The molecular weight excluding hydrogens is 355 g/mol. The molecule has 1 aromatic carbocycles. The lowest BCUT2D eigenvalue weighted by Gasteiger charge is -2.36. The largest absolute Gasteiger partial charge is 0.465 e. The summed E-state index contributed by atoms with van der Waals surface area (Å²) >= 11 is 0. The molecule has 27 heavy (non-hydrogen) atoms. The van der Waals surface area contributed by atoms with E-state index >= 15 is 0 Å². The zero-order chi connectivity index (χ0) is 19.2. The van der Waals surface area contributed by atoms with Gasteiger partial charge in [0.2, 0.25) is 6.29 Å². The quantitative estimate of drug-likeness (QED) is 0.627. The highest BCUT2D eigenvalue weighted by Gasteiger charge is 2.37. The Labute approximate surface area is 158 Å². The number of rotatable bonds is 7. The van der Waals surface area contributed by atoms with E-state index in [1.165, 1.54) is 0 Å². The third-order valence-corrected chi connectivity index (χ3v) is 5.17. The minimum absolute atomic E-state index is 0.139. The van der Waals surface area contributed by atoms with Crippen molar-refractivity contribution < 1.29 is 29.2 Å². The Morgan fingerprint density at radius 3 is 2.44 bits per heavy atom. The van der Waals surface area contributed by atoms with Gasteiger partial charge in [-0.05, 0) is 30.7 Å². The fraction of sp³-hybridized carbons (Fsp3) is 0.684. The summed E-state index contributed by atoms with van der Waals surface area (Å²) in [5.74, 6) is 0.602. The number of ether oxygens (including phenoxy) is 2. The lowest BCUT2D eigenvalue weighted by atomic mass is 10.0. The van der Waals surface area contributed by atoms with Crippen molar-refractivity contribution in [1.82, 2.24) is 4.90 Å². The van der Waals surface area contributed by atoms with Gasteiger partial charge in [-0.3, -0.25) is 9.29 Å². The molecule has 2 heterocycles. The van der Waals surface area contributed by atoms with Crippen molar-refractivity contribution in [3.05, 3.63) is 24.3 Å². The average Bonchev–Trinajstić information content (AvgIpc) is 2.70. The van der Waals surface area contributed by atoms with Crippen LogP contribution in [0.25, 0.3) is 0 Å². The number of benzene rings is 1. The van der Waals surface area contributed by atoms with Crippen LogP contribution in [-0.2, 0) is 4.74 Å². The number of piperazine rings is 1. The van der Waals surface area contributed by atoms with Crippen LogP contribution in [0.2, 0.25) is 0 Å². The molecule has 3 N–H and O–H groups in total. The third-order valence-electron chi connectivity index (χ3n) is 5.17. The molecule has 4 unspecified atom stereocenters. The molecule has 2 saturated heterocycles. The average molecular weight is 384 g/mol. The van der Waals surface area contributed by atoms with Gasteiger partial charge in [-0.1, -0.05) is 0 Å². The van der Waals surface area contributed by atoms with Crippen LogP contribution in [0.5, 0.6) is 5.75 Å². The first-order valence-electron chi connectivity index (χ1n) is 9.53. The zero-order valence-electron chi connectivity index (χ0n) is 15.4. The van der Waals surface area contributed by atoms with E-state index in [2.05, 4.69) is 9.80 Å². The Balaban J connectivity index is 1.51. The van der Waals surface area contributed by atoms with Gasteiger partial charge in [-0.2, -0.15) is 0 Å². The van der Waals surface area contributed by atoms with Crippen LogP contribution >= 0.6 is 0 Å². The fourth-order valence-electron chi connectivity index (χ4n) is 3.54. The smallest absolute Gasteiger partial charge is 0.202 e. The monoisotopic (exact) mass is 384 g/mol. The van der Waals surface area contributed by atoms with Gasteiger partial charge in [0.25, 0.3) is 0 Å².